The molecule has 1 aromatic carbocycles. The molecule has 0 saturated carbocycles. The van der Waals surface area contributed by atoms with E-state index in [1.54, 1.807) is 12.0 Å². The summed E-state index contributed by atoms with van der Waals surface area (Å²) in [6.07, 6.45) is 2.48. The third-order valence-corrected chi connectivity index (χ3v) is 4.99. The van der Waals surface area contributed by atoms with E-state index in [9.17, 15) is 9.59 Å². The van der Waals surface area contributed by atoms with Crippen molar-refractivity contribution in [3.05, 3.63) is 18.2 Å². The first-order valence-electron chi connectivity index (χ1n) is 8.60. The van der Waals surface area contributed by atoms with Gasteiger partial charge in [0.2, 0.25) is 11.8 Å². The molecule has 2 amide bonds. The molecular formula is C18H25N3O3. The van der Waals surface area contributed by atoms with Gasteiger partial charge in [-0.15, -0.1) is 0 Å². The molecule has 2 fully saturated rings. The number of benzene rings is 1. The highest BCUT2D eigenvalue weighted by Crippen LogP contribution is 2.34. The molecular weight excluding hydrogens is 306 g/mol. The number of nitrogens with one attached hydrogen (secondary N) is 2. The molecule has 0 aliphatic carbocycles. The van der Waals surface area contributed by atoms with Crippen molar-refractivity contribution in [2.75, 3.05) is 37.0 Å². The van der Waals surface area contributed by atoms with Crippen molar-refractivity contribution in [2.24, 2.45) is 11.8 Å². The van der Waals surface area contributed by atoms with E-state index in [4.69, 9.17) is 4.74 Å². The molecule has 0 bridgehead atoms. The summed E-state index contributed by atoms with van der Waals surface area (Å²) in [5, 5.41) is 6.17. The molecule has 2 saturated heterocycles. The summed E-state index contributed by atoms with van der Waals surface area (Å²) < 4.78 is 5.40. The smallest absolute Gasteiger partial charge is 0.227 e. The highest BCUT2D eigenvalue weighted by atomic mass is 16.5. The van der Waals surface area contributed by atoms with Crippen LogP contribution in [-0.4, -0.2) is 38.6 Å². The van der Waals surface area contributed by atoms with E-state index in [-0.39, 0.29) is 17.7 Å². The fraction of sp³-hybridized carbons (Fsp3) is 0.556. The number of methoxy groups -OCH3 is 1. The van der Waals surface area contributed by atoms with Crippen LogP contribution >= 0.6 is 0 Å². The standard InChI is InChI=1S/C18H25N3O3/c1-12(13-10-19-11-13)18(23)20-14-6-7-16(24-2)15(9-14)21-8-4-3-5-17(21)22/h6-7,9,12-13,19H,3-5,8,10-11H2,1-2H3,(H,20,23). The zero-order chi connectivity index (χ0) is 17.1. The Kier molecular flexibility index (Phi) is 5.04. The van der Waals surface area contributed by atoms with Crippen LogP contribution in [0.4, 0.5) is 11.4 Å². The first kappa shape index (κ1) is 16.8. The van der Waals surface area contributed by atoms with Gasteiger partial charge in [0, 0.05) is 24.6 Å². The third-order valence-electron chi connectivity index (χ3n) is 4.99. The Labute approximate surface area is 142 Å². The number of nitrogens with zero attached hydrogens (tertiary/aromatic N) is 1. The topological polar surface area (TPSA) is 70.7 Å². The largest absolute Gasteiger partial charge is 0.495 e. The predicted octanol–water partition coefficient (Wildman–Crippen LogP) is 2.01. The van der Waals surface area contributed by atoms with Crippen LogP contribution in [0, 0.1) is 11.8 Å². The average Bonchev–Trinajstić information content (AvgIpc) is 2.53. The minimum absolute atomic E-state index is 0.0163. The van der Waals surface area contributed by atoms with E-state index in [1.807, 2.05) is 25.1 Å². The monoisotopic (exact) mass is 331 g/mol. The van der Waals surface area contributed by atoms with Gasteiger partial charge >= 0.3 is 0 Å². The fourth-order valence-corrected chi connectivity index (χ4v) is 3.17. The van der Waals surface area contributed by atoms with Crippen LogP contribution in [0.2, 0.25) is 0 Å². The Morgan fingerprint density at radius 3 is 2.79 bits per heavy atom. The van der Waals surface area contributed by atoms with Crippen LogP contribution in [0.1, 0.15) is 26.2 Å². The molecule has 2 heterocycles. The highest BCUT2D eigenvalue weighted by molar-refractivity contribution is 5.98. The van der Waals surface area contributed by atoms with Crippen LogP contribution in [0.25, 0.3) is 0 Å². The van der Waals surface area contributed by atoms with Gasteiger partial charge in [-0.3, -0.25) is 9.59 Å². The van der Waals surface area contributed by atoms with Crippen molar-refractivity contribution in [3.63, 3.8) is 0 Å². The molecule has 1 aromatic rings. The van der Waals surface area contributed by atoms with Crippen molar-refractivity contribution < 1.29 is 14.3 Å². The van der Waals surface area contributed by atoms with Crippen molar-refractivity contribution in [1.29, 1.82) is 0 Å². The molecule has 2 aliphatic rings. The number of hydrogen-bond acceptors (Lipinski definition) is 4. The summed E-state index contributed by atoms with van der Waals surface area (Å²) in [5.41, 5.74) is 1.44. The summed E-state index contributed by atoms with van der Waals surface area (Å²) in [7, 11) is 1.59. The average molecular weight is 331 g/mol. The lowest BCUT2D eigenvalue weighted by atomic mass is 9.88. The van der Waals surface area contributed by atoms with Crippen molar-refractivity contribution in [1.82, 2.24) is 5.32 Å². The van der Waals surface area contributed by atoms with Gasteiger partial charge in [0.1, 0.15) is 5.75 Å². The summed E-state index contributed by atoms with van der Waals surface area (Å²) in [5.74, 6) is 1.14. The van der Waals surface area contributed by atoms with E-state index in [0.29, 0.717) is 30.3 Å². The summed E-state index contributed by atoms with van der Waals surface area (Å²) >= 11 is 0. The maximum Gasteiger partial charge on any atom is 0.227 e. The number of amides is 2. The van der Waals surface area contributed by atoms with Gasteiger partial charge < -0.3 is 20.3 Å². The normalized spacial score (nSPS) is 19.6. The number of carbonyl (C=O) groups excluding carboxylic acids is 2. The van der Waals surface area contributed by atoms with E-state index in [1.165, 1.54) is 0 Å². The number of carbonyl (C=O) groups is 2. The molecule has 1 unspecified atom stereocenters. The fourth-order valence-electron chi connectivity index (χ4n) is 3.17. The molecule has 0 aromatic heterocycles. The maximum atomic E-state index is 12.4. The highest BCUT2D eigenvalue weighted by Gasteiger charge is 2.29. The van der Waals surface area contributed by atoms with Gasteiger partial charge in [0.15, 0.2) is 0 Å². The summed E-state index contributed by atoms with van der Waals surface area (Å²) in [6, 6.07) is 5.47. The van der Waals surface area contributed by atoms with Gasteiger partial charge in [0.05, 0.1) is 12.8 Å². The van der Waals surface area contributed by atoms with Crippen molar-refractivity contribution >= 4 is 23.2 Å². The first-order valence-corrected chi connectivity index (χ1v) is 8.60. The second-order valence-electron chi connectivity index (χ2n) is 6.59. The molecule has 1 atom stereocenters. The number of rotatable bonds is 5. The number of ether oxygens (including phenoxy) is 1. The maximum absolute atomic E-state index is 12.4. The molecule has 6 nitrogen and oxygen atoms in total. The first-order chi connectivity index (χ1) is 11.6. The van der Waals surface area contributed by atoms with Crippen molar-refractivity contribution in [3.8, 4) is 5.75 Å². The predicted molar refractivity (Wildman–Crippen MR) is 93.4 cm³/mol. The second kappa shape index (κ2) is 7.21. The third kappa shape index (κ3) is 3.38. The zero-order valence-electron chi connectivity index (χ0n) is 14.3. The molecule has 0 radical (unpaired) electrons. The van der Waals surface area contributed by atoms with Crippen LogP contribution in [0.15, 0.2) is 18.2 Å². The summed E-state index contributed by atoms with van der Waals surface area (Å²) in [4.78, 5) is 26.4. The molecule has 130 valence electrons. The lowest BCUT2D eigenvalue weighted by Gasteiger charge is -2.32. The number of piperidine rings is 1. The number of anilines is 2. The molecule has 6 heteroatoms. The van der Waals surface area contributed by atoms with Gasteiger partial charge in [0.25, 0.3) is 0 Å². The van der Waals surface area contributed by atoms with E-state index < -0.39 is 0 Å². The summed E-state index contributed by atoms with van der Waals surface area (Å²) in [6.45, 7) is 4.44. The lowest BCUT2D eigenvalue weighted by molar-refractivity contribution is -0.121. The van der Waals surface area contributed by atoms with E-state index in [2.05, 4.69) is 10.6 Å². The van der Waals surface area contributed by atoms with E-state index in [0.717, 1.165) is 31.6 Å². The minimum atomic E-state index is -0.0339. The van der Waals surface area contributed by atoms with E-state index >= 15 is 0 Å². The second-order valence-corrected chi connectivity index (χ2v) is 6.59. The number of hydrogen-bond donors (Lipinski definition) is 2. The van der Waals surface area contributed by atoms with Gasteiger partial charge in [-0.25, -0.2) is 0 Å². The van der Waals surface area contributed by atoms with Gasteiger partial charge in [-0.2, -0.15) is 0 Å². The Hall–Kier alpha value is -2.08. The van der Waals surface area contributed by atoms with Gasteiger partial charge in [-0.1, -0.05) is 6.92 Å². The van der Waals surface area contributed by atoms with Crippen LogP contribution < -0.4 is 20.3 Å². The SMILES string of the molecule is COc1ccc(NC(=O)C(C)C2CNC2)cc1N1CCCCC1=O. The van der Waals surface area contributed by atoms with Crippen LogP contribution in [0.5, 0.6) is 5.75 Å². The Bertz CT molecular complexity index is 628. The Balaban J connectivity index is 1.78. The van der Waals surface area contributed by atoms with Crippen LogP contribution in [0.3, 0.4) is 0 Å². The molecule has 24 heavy (non-hydrogen) atoms. The molecule has 2 N–H and O–H groups in total. The Morgan fingerprint density at radius 1 is 1.38 bits per heavy atom. The molecule has 3 rings (SSSR count). The van der Waals surface area contributed by atoms with Crippen LogP contribution in [-0.2, 0) is 9.59 Å². The molecule has 2 aliphatic heterocycles. The minimum Gasteiger partial charge on any atom is -0.495 e. The zero-order valence-corrected chi connectivity index (χ0v) is 14.3. The lowest BCUT2D eigenvalue weighted by Crippen LogP contribution is -2.48. The quantitative estimate of drug-likeness (QED) is 0.866. The van der Waals surface area contributed by atoms with Gasteiger partial charge in [-0.05, 0) is 50.0 Å². The Morgan fingerprint density at radius 2 is 2.17 bits per heavy atom. The molecule has 0 spiro atoms. The van der Waals surface area contributed by atoms with Crippen molar-refractivity contribution in [2.45, 2.75) is 26.2 Å².